The number of anilines is 1. The second-order valence-electron chi connectivity index (χ2n) is 4.61. The Morgan fingerprint density at radius 3 is 3.00 bits per heavy atom. The molecule has 1 aliphatic rings. The highest BCUT2D eigenvalue weighted by Crippen LogP contribution is 2.32. The van der Waals surface area contributed by atoms with Gasteiger partial charge in [0.25, 0.3) is 0 Å². The number of nitrogen functional groups attached to an aromatic ring is 1. The summed E-state index contributed by atoms with van der Waals surface area (Å²) in [6.07, 6.45) is 0.177. The van der Waals surface area contributed by atoms with E-state index in [0.29, 0.717) is 11.3 Å². The van der Waals surface area contributed by atoms with Gasteiger partial charge >= 0.3 is 5.97 Å². The summed E-state index contributed by atoms with van der Waals surface area (Å²) in [5.74, 6) is -1.11. The van der Waals surface area contributed by atoms with Crippen LogP contribution in [0.1, 0.15) is 25.8 Å². The molecule has 20 heavy (non-hydrogen) atoms. The molecular weight excluding hydrogens is 287 g/mol. The van der Waals surface area contributed by atoms with Crippen molar-refractivity contribution in [1.82, 2.24) is 0 Å². The molecule has 0 amide bonds. The molecule has 0 fully saturated rings. The van der Waals surface area contributed by atoms with E-state index in [9.17, 15) is 9.18 Å². The minimum Gasteiger partial charge on any atom is -0.463 e. The van der Waals surface area contributed by atoms with Crippen LogP contribution < -0.4 is 5.73 Å². The zero-order chi connectivity index (χ0) is 14.9. The van der Waals surface area contributed by atoms with Gasteiger partial charge in [0.1, 0.15) is 5.82 Å². The van der Waals surface area contributed by atoms with Crippen molar-refractivity contribution < 1.29 is 18.8 Å². The molecule has 0 spiro atoms. The number of esters is 1. The van der Waals surface area contributed by atoms with Crippen LogP contribution in [0.2, 0.25) is 5.02 Å². The molecule has 108 valence electrons. The Bertz CT molecular complexity index is 591. The van der Waals surface area contributed by atoms with Crippen molar-refractivity contribution in [2.24, 2.45) is 5.16 Å². The molecule has 0 aliphatic carbocycles. The summed E-state index contributed by atoms with van der Waals surface area (Å²) in [7, 11) is 0. The van der Waals surface area contributed by atoms with E-state index in [1.54, 1.807) is 13.8 Å². The zero-order valence-electron chi connectivity index (χ0n) is 11.1. The molecule has 0 radical (unpaired) electrons. The fraction of sp³-hybridized carbons (Fsp3) is 0.385. The van der Waals surface area contributed by atoms with Crippen LogP contribution in [0.15, 0.2) is 17.3 Å². The maximum Gasteiger partial charge on any atom is 0.353 e. The molecule has 7 heteroatoms. The summed E-state index contributed by atoms with van der Waals surface area (Å²) in [6.45, 7) is 3.52. The number of nitrogens with zero attached hydrogens (tertiary/aromatic N) is 1. The second kappa shape index (κ2) is 5.28. The highest BCUT2D eigenvalue weighted by molar-refractivity contribution is 6.34. The fourth-order valence-corrected chi connectivity index (χ4v) is 2.12. The van der Waals surface area contributed by atoms with Crippen LogP contribution in [0.5, 0.6) is 0 Å². The number of oxime groups is 1. The number of benzene rings is 1. The Balaban J connectivity index is 2.25. The summed E-state index contributed by atoms with van der Waals surface area (Å²) in [6, 6.07) is 2.48. The Morgan fingerprint density at radius 1 is 1.65 bits per heavy atom. The van der Waals surface area contributed by atoms with Crippen molar-refractivity contribution in [3.63, 3.8) is 0 Å². The van der Waals surface area contributed by atoms with Crippen molar-refractivity contribution >= 4 is 29.0 Å². The number of carbonyl (C=O) groups excluding carboxylic acids is 1. The van der Waals surface area contributed by atoms with Gasteiger partial charge in [-0.3, -0.25) is 0 Å². The Morgan fingerprint density at radius 2 is 2.35 bits per heavy atom. The van der Waals surface area contributed by atoms with Gasteiger partial charge in [-0.05, 0) is 26.0 Å². The van der Waals surface area contributed by atoms with Crippen LogP contribution in [0.4, 0.5) is 10.1 Å². The highest BCUT2D eigenvalue weighted by atomic mass is 35.5. The van der Waals surface area contributed by atoms with Gasteiger partial charge in [-0.25, -0.2) is 9.18 Å². The van der Waals surface area contributed by atoms with E-state index in [4.69, 9.17) is 26.9 Å². The van der Waals surface area contributed by atoms with Crippen molar-refractivity contribution in [2.75, 3.05) is 12.3 Å². The minimum absolute atomic E-state index is 0.0446. The summed E-state index contributed by atoms with van der Waals surface area (Å²) in [5, 5.41) is 4.01. The molecular formula is C13H14ClFN2O3. The molecule has 0 aromatic heterocycles. The average molecular weight is 301 g/mol. The van der Waals surface area contributed by atoms with E-state index in [0.717, 1.165) is 6.07 Å². The van der Waals surface area contributed by atoms with E-state index < -0.39 is 17.4 Å². The van der Waals surface area contributed by atoms with E-state index in [2.05, 4.69) is 5.16 Å². The predicted octanol–water partition coefficient (Wildman–Crippen LogP) is 2.51. The van der Waals surface area contributed by atoms with Gasteiger partial charge in [0.05, 0.1) is 23.0 Å². The molecule has 1 aromatic rings. The molecule has 5 nitrogen and oxygen atoms in total. The lowest BCUT2D eigenvalue weighted by molar-refractivity contribution is -0.166. The lowest BCUT2D eigenvalue weighted by Crippen LogP contribution is -2.37. The third-order valence-electron chi connectivity index (χ3n) is 2.97. The number of nitrogens with two attached hydrogens (primary N) is 1. The van der Waals surface area contributed by atoms with Gasteiger partial charge in [-0.1, -0.05) is 16.8 Å². The van der Waals surface area contributed by atoms with Crippen molar-refractivity contribution in [2.45, 2.75) is 25.9 Å². The first-order chi connectivity index (χ1) is 9.37. The number of halogens is 2. The number of hydrogen-bond acceptors (Lipinski definition) is 5. The van der Waals surface area contributed by atoms with Gasteiger partial charge in [-0.15, -0.1) is 0 Å². The summed E-state index contributed by atoms with van der Waals surface area (Å²) >= 11 is 5.97. The molecule has 2 N–H and O–H groups in total. The van der Waals surface area contributed by atoms with Crippen LogP contribution in [-0.2, 0) is 14.4 Å². The summed E-state index contributed by atoms with van der Waals surface area (Å²) in [5.41, 5.74) is 5.14. The Hall–Kier alpha value is -1.82. The SMILES string of the molecule is CCOC(=O)[C@@]1(C)CC(c2cc(N)c(F)cc2Cl)=NO1. The topological polar surface area (TPSA) is 73.9 Å². The fourth-order valence-electron chi connectivity index (χ4n) is 1.86. The molecule has 0 saturated heterocycles. The third kappa shape index (κ3) is 2.56. The first kappa shape index (κ1) is 14.6. The number of rotatable bonds is 3. The first-order valence-electron chi connectivity index (χ1n) is 6.04. The molecule has 0 bridgehead atoms. The first-order valence-corrected chi connectivity index (χ1v) is 6.42. The smallest absolute Gasteiger partial charge is 0.353 e. The van der Waals surface area contributed by atoms with Crippen molar-refractivity contribution in [1.29, 1.82) is 0 Å². The third-order valence-corrected chi connectivity index (χ3v) is 3.28. The lowest BCUT2D eigenvalue weighted by atomic mass is 9.95. The van der Waals surface area contributed by atoms with Gasteiger partial charge in [0.15, 0.2) is 0 Å². The molecule has 1 heterocycles. The molecule has 0 unspecified atom stereocenters. The number of ether oxygens (including phenoxy) is 1. The van der Waals surface area contributed by atoms with Crippen molar-refractivity contribution in [3.8, 4) is 0 Å². The zero-order valence-corrected chi connectivity index (χ0v) is 11.8. The molecule has 1 aromatic carbocycles. The monoisotopic (exact) mass is 300 g/mol. The van der Waals surface area contributed by atoms with Crippen LogP contribution in [0.3, 0.4) is 0 Å². The largest absolute Gasteiger partial charge is 0.463 e. The number of carbonyl (C=O) groups is 1. The normalized spacial score (nSPS) is 21.3. The highest BCUT2D eigenvalue weighted by Gasteiger charge is 2.44. The Labute approximate surface area is 120 Å². The molecule has 2 rings (SSSR count). The molecule has 1 atom stereocenters. The predicted molar refractivity (Wildman–Crippen MR) is 73.1 cm³/mol. The maximum absolute atomic E-state index is 13.3. The van der Waals surface area contributed by atoms with E-state index in [1.807, 2.05) is 0 Å². The van der Waals surface area contributed by atoms with Gasteiger partial charge in [0.2, 0.25) is 5.60 Å². The second-order valence-corrected chi connectivity index (χ2v) is 5.02. The summed E-state index contributed by atoms with van der Waals surface area (Å²) in [4.78, 5) is 17.0. The average Bonchev–Trinajstić information content (AvgIpc) is 2.78. The van der Waals surface area contributed by atoms with Gasteiger partial charge in [-0.2, -0.15) is 0 Å². The maximum atomic E-state index is 13.3. The Kier molecular flexibility index (Phi) is 3.85. The summed E-state index contributed by atoms with van der Waals surface area (Å²) < 4.78 is 18.2. The van der Waals surface area contributed by atoms with E-state index in [1.165, 1.54) is 6.07 Å². The molecule has 0 saturated carbocycles. The van der Waals surface area contributed by atoms with Gasteiger partial charge < -0.3 is 15.3 Å². The lowest BCUT2D eigenvalue weighted by Gasteiger charge is -2.18. The minimum atomic E-state index is -1.20. The van der Waals surface area contributed by atoms with Crippen LogP contribution in [0.25, 0.3) is 0 Å². The molecule has 1 aliphatic heterocycles. The van der Waals surface area contributed by atoms with E-state index >= 15 is 0 Å². The van der Waals surface area contributed by atoms with Crippen molar-refractivity contribution in [3.05, 3.63) is 28.5 Å². The quantitative estimate of drug-likeness (QED) is 0.687. The van der Waals surface area contributed by atoms with Crippen LogP contribution in [0, 0.1) is 5.82 Å². The number of hydrogen-bond donors (Lipinski definition) is 1. The van der Waals surface area contributed by atoms with Crippen LogP contribution in [-0.4, -0.2) is 23.9 Å². The van der Waals surface area contributed by atoms with Crippen LogP contribution >= 0.6 is 11.6 Å². The standard InChI is InChI=1S/C13H14ClFN2O3/c1-3-19-12(18)13(2)6-11(17-20-13)7-4-10(16)9(15)5-8(7)14/h4-5H,3,6,16H2,1-2H3/t13-/m1/s1. The van der Waals surface area contributed by atoms with E-state index in [-0.39, 0.29) is 23.7 Å². The van der Waals surface area contributed by atoms with Gasteiger partial charge in [0, 0.05) is 12.0 Å².